The number of aromatic nitrogens is 2. The molecule has 1 unspecified atom stereocenters. The van der Waals surface area contributed by atoms with E-state index in [0.29, 0.717) is 40.5 Å². The molecule has 2 aromatic heterocycles. The zero-order valence-electron chi connectivity index (χ0n) is 32.7. The highest BCUT2D eigenvalue weighted by molar-refractivity contribution is 7.92. The number of carbonyl (C=O) groups is 3. The lowest BCUT2D eigenvalue weighted by atomic mass is 9.86. The molecule has 0 bridgehead atoms. The molecule has 0 saturated carbocycles. The number of benzene rings is 3. The number of sulfonamides is 1. The first-order valence-electron chi connectivity index (χ1n) is 18.4. The standard InChI is InChI=1S/C37H34N8O8S2.C3H4F2O2/c1-2-37(50)26-15-30-32-20(17-45(30)33(48)25(26)18-53-34(37)49)13-24-27(41-32)10-5-11-28(24)42-36(54)43-29(16-31(46)47)19-6-3-8-22(12-19)44-55(51,52)23-9-4-7-21(14-23)40-35(38)39;1-3(4,5)2(6)7/h3-15,29,44,50H,2,16-18H2,1H3,(H,46,47)(H4,38,39,40)(H2,42,43,54);1H3,(H,6,7)/t29?,37-;/m0./s1. The number of hydrogen-bond acceptors (Lipinski definition) is 11. The highest BCUT2D eigenvalue weighted by Crippen LogP contribution is 2.39. The van der Waals surface area contributed by atoms with Crippen LogP contribution in [0.3, 0.4) is 0 Å². The Morgan fingerprint density at radius 1 is 1.06 bits per heavy atom. The topological polar surface area (TPSA) is 291 Å². The minimum absolute atomic E-state index is 0.0258. The Labute approximate surface area is 356 Å². The summed E-state index contributed by atoms with van der Waals surface area (Å²) in [5.41, 5.74) is 12.7. The fourth-order valence-corrected chi connectivity index (χ4v) is 8.10. The van der Waals surface area contributed by atoms with Crippen molar-refractivity contribution in [2.45, 2.75) is 62.3 Å². The summed E-state index contributed by atoms with van der Waals surface area (Å²) in [5.74, 6) is -7.83. The molecule has 0 amide bonds. The van der Waals surface area contributed by atoms with Crippen molar-refractivity contribution in [1.82, 2.24) is 14.9 Å². The normalized spacial score (nSPS) is 15.7. The second-order valence-corrected chi connectivity index (χ2v) is 16.3. The fourth-order valence-electron chi connectivity index (χ4n) is 6.76. The van der Waals surface area contributed by atoms with E-state index < -0.39 is 51.9 Å². The number of esters is 1. The number of thiocarbonyl (C=S) groups is 1. The van der Waals surface area contributed by atoms with Gasteiger partial charge in [0.15, 0.2) is 16.7 Å². The molecule has 2 aliphatic rings. The van der Waals surface area contributed by atoms with Crippen LogP contribution >= 0.6 is 12.2 Å². The average molecular weight is 893 g/mol. The van der Waals surface area contributed by atoms with E-state index in [2.05, 4.69) is 20.3 Å². The van der Waals surface area contributed by atoms with Gasteiger partial charge in [-0.3, -0.25) is 14.3 Å². The maximum absolute atomic E-state index is 13.6. The molecule has 5 aromatic rings. The number of halogens is 2. The van der Waals surface area contributed by atoms with E-state index in [-0.39, 0.29) is 63.6 Å². The third-order valence-electron chi connectivity index (χ3n) is 9.79. The van der Waals surface area contributed by atoms with Crippen LogP contribution in [0.2, 0.25) is 0 Å². The number of carbonyl (C=O) groups excluding carboxylic acids is 1. The maximum Gasteiger partial charge on any atom is 0.374 e. The van der Waals surface area contributed by atoms with Gasteiger partial charge in [-0.05, 0) is 78.8 Å². The molecule has 62 heavy (non-hydrogen) atoms. The average Bonchev–Trinajstić information content (AvgIpc) is 3.56. The molecule has 0 saturated heterocycles. The minimum atomic E-state index is -4.09. The molecule has 18 nitrogen and oxygen atoms in total. The van der Waals surface area contributed by atoms with E-state index in [4.69, 9.17) is 38.5 Å². The van der Waals surface area contributed by atoms with Crippen LogP contribution in [0.1, 0.15) is 55.0 Å². The van der Waals surface area contributed by atoms with Gasteiger partial charge in [-0.15, -0.1) is 0 Å². The highest BCUT2D eigenvalue weighted by atomic mass is 32.2. The van der Waals surface area contributed by atoms with Crippen molar-refractivity contribution in [2.75, 3.05) is 10.0 Å². The number of rotatable bonds is 11. The highest BCUT2D eigenvalue weighted by Gasteiger charge is 2.45. The van der Waals surface area contributed by atoms with E-state index in [1.807, 2.05) is 6.07 Å². The lowest BCUT2D eigenvalue weighted by molar-refractivity contribution is -0.172. The number of alkyl halides is 2. The number of nitrogens with zero attached hydrogens (tertiary/aromatic N) is 3. The van der Waals surface area contributed by atoms with E-state index in [1.165, 1.54) is 30.3 Å². The number of carboxylic acid groups (broad SMARTS) is 2. The van der Waals surface area contributed by atoms with Crippen LogP contribution in [0.5, 0.6) is 0 Å². The second-order valence-electron chi connectivity index (χ2n) is 14.2. The predicted octanol–water partition coefficient (Wildman–Crippen LogP) is 4.01. The fraction of sp³-hybridized carbons (Fsp3) is 0.225. The van der Waals surface area contributed by atoms with Crippen molar-refractivity contribution in [3.05, 3.63) is 111 Å². The number of nitrogens with two attached hydrogens (primary N) is 2. The van der Waals surface area contributed by atoms with Gasteiger partial charge < -0.3 is 46.7 Å². The lowest BCUT2D eigenvalue weighted by Crippen LogP contribution is -2.44. The monoisotopic (exact) mass is 892 g/mol. The van der Waals surface area contributed by atoms with Crippen molar-refractivity contribution in [3.63, 3.8) is 0 Å². The number of cyclic esters (lactones) is 1. The summed E-state index contributed by atoms with van der Waals surface area (Å²) >= 11 is 5.65. The zero-order valence-corrected chi connectivity index (χ0v) is 34.3. The Balaban J connectivity index is 0.000000845. The van der Waals surface area contributed by atoms with Gasteiger partial charge >= 0.3 is 23.8 Å². The predicted molar refractivity (Wildman–Crippen MR) is 226 cm³/mol. The lowest BCUT2D eigenvalue weighted by Gasteiger charge is -2.31. The second kappa shape index (κ2) is 17.1. The molecule has 3 aromatic carbocycles. The number of ether oxygens (including phenoxy) is 1. The number of anilines is 2. The van der Waals surface area contributed by atoms with Crippen molar-refractivity contribution >= 4 is 79.2 Å². The molecule has 0 aliphatic carbocycles. The Kier molecular flexibility index (Phi) is 12.3. The van der Waals surface area contributed by atoms with Gasteiger partial charge in [-0.25, -0.2) is 28.0 Å². The number of aliphatic carboxylic acids is 2. The van der Waals surface area contributed by atoms with Crippen LogP contribution < -0.4 is 32.4 Å². The van der Waals surface area contributed by atoms with Crippen molar-refractivity contribution in [1.29, 1.82) is 0 Å². The smallest absolute Gasteiger partial charge is 0.374 e. The van der Waals surface area contributed by atoms with Crippen molar-refractivity contribution in [3.8, 4) is 11.4 Å². The molecule has 324 valence electrons. The van der Waals surface area contributed by atoms with E-state index >= 15 is 0 Å². The van der Waals surface area contributed by atoms with Crippen LogP contribution in [0.25, 0.3) is 22.3 Å². The van der Waals surface area contributed by atoms with Gasteiger partial charge in [-0.2, -0.15) is 8.78 Å². The number of aliphatic imine (C=N–C) groups is 1. The number of aliphatic hydroxyl groups is 1. The molecule has 0 fully saturated rings. The number of guanidine groups is 1. The third-order valence-corrected chi connectivity index (χ3v) is 11.4. The number of fused-ring (bicyclic) bond motifs is 5. The van der Waals surface area contributed by atoms with Crippen LogP contribution in [-0.4, -0.2) is 68.2 Å². The molecule has 4 heterocycles. The maximum atomic E-state index is 13.6. The first-order chi connectivity index (χ1) is 29.1. The van der Waals surface area contributed by atoms with Gasteiger partial charge in [0.1, 0.15) is 6.61 Å². The van der Waals surface area contributed by atoms with Crippen LogP contribution in [-0.2, 0) is 47.9 Å². The Hall–Kier alpha value is -7.04. The molecule has 2 atom stereocenters. The molecule has 7 rings (SSSR count). The largest absolute Gasteiger partial charge is 0.481 e. The summed E-state index contributed by atoms with van der Waals surface area (Å²) in [6, 6.07) is 19.9. The minimum Gasteiger partial charge on any atom is -0.481 e. The van der Waals surface area contributed by atoms with Crippen molar-refractivity contribution < 1.29 is 51.6 Å². The molecule has 2 aliphatic heterocycles. The van der Waals surface area contributed by atoms with E-state index in [0.717, 1.165) is 5.56 Å². The number of pyridine rings is 2. The van der Waals surface area contributed by atoms with E-state index in [1.54, 1.807) is 54.0 Å². The first kappa shape index (κ1) is 44.5. The third kappa shape index (κ3) is 9.31. The molecular formula is C40H38F2N8O10S2. The summed E-state index contributed by atoms with van der Waals surface area (Å²) in [5, 5.41) is 35.4. The van der Waals surface area contributed by atoms with Crippen LogP contribution in [0, 0.1) is 0 Å². The van der Waals surface area contributed by atoms with Gasteiger partial charge in [0, 0.05) is 34.8 Å². The number of hydrogen-bond donors (Lipinski definition) is 8. The van der Waals surface area contributed by atoms with Crippen LogP contribution in [0.4, 0.5) is 25.8 Å². The van der Waals surface area contributed by atoms with Crippen LogP contribution in [0.15, 0.2) is 93.5 Å². The molecule has 22 heteroatoms. The molecular weight excluding hydrogens is 855 g/mol. The quantitative estimate of drug-likeness (QED) is 0.0395. The first-order valence-corrected chi connectivity index (χ1v) is 20.3. The Morgan fingerprint density at radius 2 is 1.76 bits per heavy atom. The molecule has 10 N–H and O–H groups in total. The van der Waals surface area contributed by atoms with E-state index in [9.17, 15) is 46.6 Å². The summed E-state index contributed by atoms with van der Waals surface area (Å²) in [4.78, 5) is 56.0. The summed E-state index contributed by atoms with van der Waals surface area (Å²) in [6.07, 6.45) is -0.373. The Bertz CT molecular complexity index is 2860. The van der Waals surface area contributed by atoms with Gasteiger partial charge in [0.2, 0.25) is 0 Å². The number of nitrogens with one attached hydrogen (secondary N) is 3. The van der Waals surface area contributed by atoms with Gasteiger partial charge in [0.05, 0.1) is 52.1 Å². The summed E-state index contributed by atoms with van der Waals surface area (Å²) in [7, 11) is -4.09. The zero-order chi connectivity index (χ0) is 45.3. The molecule has 0 radical (unpaired) electrons. The summed E-state index contributed by atoms with van der Waals surface area (Å²) in [6.45, 7) is 1.92. The van der Waals surface area contributed by atoms with Gasteiger partial charge in [-0.1, -0.05) is 31.2 Å². The van der Waals surface area contributed by atoms with Crippen molar-refractivity contribution in [2.24, 2.45) is 16.5 Å². The Morgan fingerprint density at radius 3 is 2.42 bits per heavy atom. The summed E-state index contributed by atoms with van der Waals surface area (Å²) < 4.78 is 58.2. The molecule has 0 spiro atoms. The number of carboxylic acids is 2. The SMILES string of the molecule is CC(F)(F)C(=O)O.CC[C@@]1(O)C(=O)OCc2c1cc1n(c2=O)Cc2cc3c(NC(=S)NC(CC(=O)O)c4cccc(NS(=O)(=O)c5cccc(N=C(N)N)c5)c4)cccc3nc2-1. The van der Waals surface area contributed by atoms with Gasteiger partial charge in [0.25, 0.3) is 15.6 Å².